The highest BCUT2D eigenvalue weighted by atomic mass is 79.9. The molecular weight excluding hydrogens is 382 g/mol. The molecule has 7 heteroatoms. The van der Waals surface area contributed by atoms with E-state index in [9.17, 15) is 4.79 Å². The summed E-state index contributed by atoms with van der Waals surface area (Å²) in [6.45, 7) is 0. The fraction of sp³-hybridized carbons (Fsp3) is 0. The summed E-state index contributed by atoms with van der Waals surface area (Å²) in [6.07, 6.45) is 3.29. The zero-order valence-electron chi connectivity index (χ0n) is 11.2. The average Bonchev–Trinajstić information content (AvgIpc) is 3.17. The summed E-state index contributed by atoms with van der Waals surface area (Å²) in [5, 5.41) is 10.6. The van der Waals surface area contributed by atoms with E-state index in [1.54, 1.807) is 22.9 Å². The minimum absolute atomic E-state index is 0.213. The Morgan fingerprint density at radius 2 is 2.00 bits per heavy atom. The highest BCUT2D eigenvalue weighted by Crippen LogP contribution is 2.29. The van der Waals surface area contributed by atoms with Crippen LogP contribution in [0.4, 0.5) is 5.13 Å². The fourth-order valence-corrected chi connectivity index (χ4v) is 3.37. The second-order valence-corrected chi connectivity index (χ2v) is 7.14. The summed E-state index contributed by atoms with van der Waals surface area (Å²) < 4.78 is 1.06. The number of nitrogens with one attached hydrogen (secondary N) is 1. The van der Waals surface area contributed by atoms with Crippen LogP contribution in [-0.2, 0) is 4.79 Å². The molecule has 0 fully saturated rings. The number of anilines is 1. The van der Waals surface area contributed by atoms with Crippen molar-refractivity contribution < 1.29 is 4.79 Å². The molecule has 1 N–H and O–H groups in total. The standard InChI is InChI=1S/C15H10BrN3OS2/c16-11-3-1-10(2-4-11)13-7-5-12(22-13)6-8-14(20)18-15-19-17-9-21-15/h1-9H,(H,18,19,20). The first-order chi connectivity index (χ1) is 10.7. The van der Waals surface area contributed by atoms with Crippen LogP contribution in [-0.4, -0.2) is 16.1 Å². The normalized spacial score (nSPS) is 11.0. The number of carbonyl (C=O) groups is 1. The Morgan fingerprint density at radius 1 is 1.18 bits per heavy atom. The molecule has 1 amide bonds. The third-order valence-corrected chi connectivity index (χ3v) is 4.98. The molecule has 0 aliphatic heterocycles. The van der Waals surface area contributed by atoms with E-state index in [1.165, 1.54) is 17.4 Å². The molecule has 22 heavy (non-hydrogen) atoms. The van der Waals surface area contributed by atoms with E-state index in [2.05, 4.69) is 49.6 Å². The fourth-order valence-electron chi connectivity index (χ4n) is 1.74. The molecule has 3 aromatic rings. The van der Waals surface area contributed by atoms with Crippen molar-refractivity contribution >= 4 is 55.7 Å². The lowest BCUT2D eigenvalue weighted by molar-refractivity contribution is -0.111. The molecule has 0 atom stereocenters. The predicted molar refractivity (Wildman–Crippen MR) is 95.0 cm³/mol. The van der Waals surface area contributed by atoms with Crippen molar-refractivity contribution in [1.29, 1.82) is 0 Å². The zero-order chi connectivity index (χ0) is 15.4. The molecule has 2 heterocycles. The Bertz CT molecular complexity index is 795. The van der Waals surface area contributed by atoms with Crippen LogP contribution in [0.3, 0.4) is 0 Å². The van der Waals surface area contributed by atoms with E-state index in [4.69, 9.17) is 0 Å². The summed E-state index contributed by atoms with van der Waals surface area (Å²) >= 11 is 6.35. The number of nitrogens with zero attached hydrogens (tertiary/aromatic N) is 2. The zero-order valence-corrected chi connectivity index (χ0v) is 14.4. The maximum atomic E-state index is 11.7. The molecule has 0 aliphatic carbocycles. The van der Waals surface area contributed by atoms with Crippen molar-refractivity contribution in [2.45, 2.75) is 0 Å². The minimum atomic E-state index is -0.213. The number of benzene rings is 1. The molecule has 3 rings (SSSR count). The van der Waals surface area contributed by atoms with Crippen LogP contribution in [0.25, 0.3) is 16.5 Å². The average molecular weight is 392 g/mol. The molecule has 110 valence electrons. The summed E-state index contributed by atoms with van der Waals surface area (Å²) in [5.41, 5.74) is 2.73. The number of carbonyl (C=O) groups excluding carboxylic acids is 1. The minimum Gasteiger partial charge on any atom is -0.297 e. The van der Waals surface area contributed by atoms with Crippen LogP contribution in [0.2, 0.25) is 0 Å². The molecule has 1 aromatic carbocycles. The van der Waals surface area contributed by atoms with E-state index in [1.807, 2.05) is 18.2 Å². The SMILES string of the molecule is O=C(C=Cc1ccc(-c2ccc(Br)cc2)s1)Nc1nncs1. The first kappa shape index (κ1) is 15.1. The Labute approximate surface area is 143 Å². The number of halogens is 1. The van der Waals surface area contributed by atoms with Crippen LogP contribution in [0, 0.1) is 0 Å². The van der Waals surface area contributed by atoms with Crippen LogP contribution in [0.1, 0.15) is 4.88 Å². The monoisotopic (exact) mass is 391 g/mol. The number of thiophene rings is 1. The number of aromatic nitrogens is 2. The number of hydrogen-bond donors (Lipinski definition) is 1. The topological polar surface area (TPSA) is 54.9 Å². The third-order valence-electron chi connectivity index (χ3n) is 2.74. The molecule has 0 bridgehead atoms. The molecule has 0 aliphatic rings. The van der Waals surface area contributed by atoms with Gasteiger partial charge in [0.2, 0.25) is 11.0 Å². The molecule has 0 saturated carbocycles. The van der Waals surface area contributed by atoms with Crippen LogP contribution < -0.4 is 5.32 Å². The summed E-state index contributed by atoms with van der Waals surface area (Å²) in [4.78, 5) is 13.9. The van der Waals surface area contributed by atoms with Crippen LogP contribution >= 0.6 is 38.6 Å². The van der Waals surface area contributed by atoms with Gasteiger partial charge in [0.25, 0.3) is 0 Å². The van der Waals surface area contributed by atoms with Gasteiger partial charge in [0.1, 0.15) is 5.51 Å². The molecule has 0 spiro atoms. The molecule has 0 saturated heterocycles. The Morgan fingerprint density at radius 3 is 2.73 bits per heavy atom. The lowest BCUT2D eigenvalue weighted by Gasteiger charge is -1.96. The highest BCUT2D eigenvalue weighted by Gasteiger charge is 2.03. The Balaban J connectivity index is 1.67. The van der Waals surface area contributed by atoms with Crippen molar-refractivity contribution in [2.75, 3.05) is 5.32 Å². The summed E-state index contributed by atoms with van der Waals surface area (Å²) in [5.74, 6) is -0.213. The maximum Gasteiger partial charge on any atom is 0.250 e. The largest absolute Gasteiger partial charge is 0.297 e. The van der Waals surface area contributed by atoms with Gasteiger partial charge in [-0.25, -0.2) is 0 Å². The van der Waals surface area contributed by atoms with E-state index < -0.39 is 0 Å². The van der Waals surface area contributed by atoms with Crippen molar-refractivity contribution in [2.24, 2.45) is 0 Å². The molecule has 0 radical (unpaired) electrons. The molecule has 4 nitrogen and oxygen atoms in total. The van der Waals surface area contributed by atoms with Gasteiger partial charge in [0.05, 0.1) is 0 Å². The number of rotatable bonds is 4. The van der Waals surface area contributed by atoms with Gasteiger partial charge in [0, 0.05) is 20.3 Å². The van der Waals surface area contributed by atoms with Gasteiger partial charge in [-0.3, -0.25) is 10.1 Å². The quantitative estimate of drug-likeness (QED) is 0.656. The van der Waals surface area contributed by atoms with Crippen molar-refractivity contribution in [3.05, 3.63) is 57.3 Å². The molecule has 2 aromatic heterocycles. The van der Waals surface area contributed by atoms with Gasteiger partial charge in [-0.15, -0.1) is 21.5 Å². The number of hydrogen-bond acceptors (Lipinski definition) is 5. The first-order valence-electron chi connectivity index (χ1n) is 6.32. The number of amides is 1. The van der Waals surface area contributed by atoms with E-state index >= 15 is 0 Å². The summed E-state index contributed by atoms with van der Waals surface area (Å²) in [6, 6.07) is 12.2. The molecular formula is C15H10BrN3OS2. The van der Waals surface area contributed by atoms with Gasteiger partial charge < -0.3 is 0 Å². The Kier molecular flexibility index (Phi) is 4.77. The van der Waals surface area contributed by atoms with Crippen molar-refractivity contribution in [3.8, 4) is 10.4 Å². The lowest BCUT2D eigenvalue weighted by atomic mass is 10.2. The van der Waals surface area contributed by atoms with Crippen molar-refractivity contribution in [1.82, 2.24) is 10.2 Å². The predicted octanol–water partition coefficient (Wildman–Crippen LogP) is 4.68. The van der Waals surface area contributed by atoms with E-state index in [0.29, 0.717) is 5.13 Å². The van der Waals surface area contributed by atoms with Gasteiger partial charge >= 0.3 is 0 Å². The smallest absolute Gasteiger partial charge is 0.250 e. The molecule has 0 unspecified atom stereocenters. The van der Waals surface area contributed by atoms with E-state index in [0.717, 1.165) is 19.8 Å². The highest BCUT2D eigenvalue weighted by molar-refractivity contribution is 9.10. The second-order valence-electron chi connectivity index (χ2n) is 4.28. The van der Waals surface area contributed by atoms with Gasteiger partial charge in [-0.2, -0.15) is 0 Å². The first-order valence-corrected chi connectivity index (χ1v) is 8.80. The van der Waals surface area contributed by atoms with Crippen molar-refractivity contribution in [3.63, 3.8) is 0 Å². The Hall–Kier alpha value is -1.83. The second kappa shape index (κ2) is 6.95. The van der Waals surface area contributed by atoms with Gasteiger partial charge in [-0.05, 0) is 35.9 Å². The van der Waals surface area contributed by atoms with Gasteiger partial charge in [-0.1, -0.05) is 39.4 Å². The van der Waals surface area contributed by atoms with Crippen LogP contribution in [0.5, 0.6) is 0 Å². The lowest BCUT2D eigenvalue weighted by Crippen LogP contribution is -2.07. The third kappa shape index (κ3) is 3.88. The van der Waals surface area contributed by atoms with Gasteiger partial charge in [0.15, 0.2) is 0 Å². The summed E-state index contributed by atoms with van der Waals surface area (Å²) in [7, 11) is 0. The van der Waals surface area contributed by atoms with Crippen LogP contribution in [0.15, 0.2) is 52.5 Å². The van der Waals surface area contributed by atoms with E-state index in [-0.39, 0.29) is 5.91 Å². The maximum absolute atomic E-state index is 11.7.